The topological polar surface area (TPSA) is 121 Å². The number of hydrogen-bond donors (Lipinski definition) is 1. The van der Waals surface area contributed by atoms with Crippen LogP contribution >= 0.6 is 11.3 Å². The van der Waals surface area contributed by atoms with Gasteiger partial charge < -0.3 is 14.8 Å². The van der Waals surface area contributed by atoms with Crippen LogP contribution in [-0.4, -0.2) is 32.3 Å². The number of rotatable bonds is 3. The minimum Gasteiger partial charge on any atom is -0.454 e. The van der Waals surface area contributed by atoms with E-state index in [2.05, 4.69) is 15.4 Å². The normalized spacial score (nSPS) is 21.5. The fraction of sp³-hybridized carbons (Fsp3) is 0.250. The van der Waals surface area contributed by atoms with Gasteiger partial charge >= 0.3 is 0 Å². The molecule has 31 heavy (non-hydrogen) atoms. The first-order valence-corrected chi connectivity index (χ1v) is 10.5. The SMILES string of the molecule is O=C1C[C@@H](c2cccs2)CC2=C1[C@@H](c1cc3c(cc1[N+](=O)[O-])OCO3)n1ncnc1N2. The van der Waals surface area contributed by atoms with E-state index >= 15 is 0 Å². The summed E-state index contributed by atoms with van der Waals surface area (Å²) in [6.07, 6.45) is 2.32. The van der Waals surface area contributed by atoms with Crippen LogP contribution in [0.4, 0.5) is 11.6 Å². The van der Waals surface area contributed by atoms with Gasteiger partial charge in [-0.05, 0) is 23.9 Å². The van der Waals surface area contributed by atoms with Gasteiger partial charge in [0.25, 0.3) is 5.69 Å². The van der Waals surface area contributed by atoms with Crippen LogP contribution in [0.3, 0.4) is 0 Å². The Labute approximate surface area is 179 Å². The number of carbonyl (C=O) groups excluding carboxylic acids is 1. The summed E-state index contributed by atoms with van der Waals surface area (Å²) in [5, 5.41) is 21.4. The van der Waals surface area contributed by atoms with Crippen LogP contribution in [0.2, 0.25) is 0 Å². The Hall–Kier alpha value is -3.73. The van der Waals surface area contributed by atoms with Crippen molar-refractivity contribution in [3.05, 3.63) is 67.8 Å². The molecule has 4 heterocycles. The molecule has 0 saturated carbocycles. The number of nitrogens with zero attached hydrogens (tertiary/aromatic N) is 4. The lowest BCUT2D eigenvalue weighted by atomic mass is 9.79. The van der Waals surface area contributed by atoms with E-state index in [1.165, 1.54) is 17.1 Å². The van der Waals surface area contributed by atoms with Gasteiger partial charge in [-0.1, -0.05) is 6.07 Å². The monoisotopic (exact) mass is 437 g/mol. The third kappa shape index (κ3) is 2.73. The second kappa shape index (κ2) is 6.64. The Morgan fingerprint density at radius 2 is 2.10 bits per heavy atom. The molecule has 11 heteroatoms. The first-order valence-electron chi connectivity index (χ1n) is 9.64. The molecule has 2 aliphatic heterocycles. The second-order valence-electron chi connectivity index (χ2n) is 7.51. The largest absolute Gasteiger partial charge is 0.454 e. The van der Waals surface area contributed by atoms with Crippen LogP contribution in [0.25, 0.3) is 0 Å². The van der Waals surface area contributed by atoms with E-state index < -0.39 is 11.0 Å². The molecule has 1 aliphatic carbocycles. The molecule has 3 aliphatic rings. The summed E-state index contributed by atoms with van der Waals surface area (Å²) in [5.74, 6) is 1.15. The van der Waals surface area contributed by atoms with Crippen LogP contribution < -0.4 is 14.8 Å². The highest BCUT2D eigenvalue weighted by molar-refractivity contribution is 7.10. The summed E-state index contributed by atoms with van der Waals surface area (Å²) >= 11 is 1.62. The molecule has 2 aromatic heterocycles. The molecule has 0 radical (unpaired) electrons. The number of fused-ring (bicyclic) bond motifs is 2. The highest BCUT2D eigenvalue weighted by Crippen LogP contribution is 2.48. The number of anilines is 1. The predicted molar refractivity (Wildman–Crippen MR) is 109 cm³/mol. The van der Waals surface area contributed by atoms with Gasteiger partial charge in [-0.25, -0.2) is 4.68 Å². The summed E-state index contributed by atoms with van der Waals surface area (Å²) in [7, 11) is 0. The highest BCUT2D eigenvalue weighted by Gasteiger charge is 2.42. The van der Waals surface area contributed by atoms with Gasteiger partial charge in [-0.2, -0.15) is 10.1 Å². The van der Waals surface area contributed by atoms with Crippen molar-refractivity contribution < 1.29 is 19.2 Å². The Kier molecular flexibility index (Phi) is 3.87. The fourth-order valence-corrected chi connectivity index (χ4v) is 5.32. The highest BCUT2D eigenvalue weighted by atomic mass is 32.1. The van der Waals surface area contributed by atoms with E-state index in [4.69, 9.17) is 9.47 Å². The minimum absolute atomic E-state index is 0.00783. The van der Waals surface area contributed by atoms with Crippen LogP contribution in [0.1, 0.15) is 35.2 Å². The zero-order valence-electron chi connectivity index (χ0n) is 16.0. The van der Waals surface area contributed by atoms with E-state index in [-0.39, 0.29) is 24.2 Å². The summed E-state index contributed by atoms with van der Waals surface area (Å²) in [4.78, 5) is 30.2. The Balaban J connectivity index is 1.53. The number of ether oxygens (including phenoxy) is 2. The first-order chi connectivity index (χ1) is 15.1. The molecule has 10 nitrogen and oxygen atoms in total. The zero-order chi connectivity index (χ0) is 21.1. The molecule has 0 unspecified atom stereocenters. The van der Waals surface area contributed by atoms with Crippen molar-refractivity contribution in [1.29, 1.82) is 0 Å². The van der Waals surface area contributed by atoms with Crippen LogP contribution in [0, 0.1) is 10.1 Å². The summed E-state index contributed by atoms with van der Waals surface area (Å²) < 4.78 is 12.3. The van der Waals surface area contributed by atoms with Crippen molar-refractivity contribution in [1.82, 2.24) is 14.8 Å². The molecular weight excluding hydrogens is 422 g/mol. The second-order valence-corrected chi connectivity index (χ2v) is 8.49. The van der Waals surface area contributed by atoms with Crippen LogP contribution in [0.15, 0.2) is 47.2 Å². The molecule has 0 spiro atoms. The number of Topliss-reactive ketones (excluding diaryl/α,β-unsaturated/α-hetero) is 1. The number of allylic oxidation sites excluding steroid dienone is 2. The first kappa shape index (κ1) is 18.1. The number of nitro groups is 1. The lowest BCUT2D eigenvalue weighted by molar-refractivity contribution is -0.385. The molecule has 1 aromatic carbocycles. The molecule has 0 saturated heterocycles. The molecule has 6 rings (SSSR count). The third-order valence-electron chi connectivity index (χ3n) is 5.82. The van der Waals surface area contributed by atoms with Gasteiger partial charge in [-0.15, -0.1) is 11.3 Å². The third-order valence-corrected chi connectivity index (χ3v) is 6.86. The van der Waals surface area contributed by atoms with Gasteiger partial charge in [0.05, 0.1) is 16.6 Å². The molecule has 3 aromatic rings. The van der Waals surface area contributed by atoms with Crippen molar-refractivity contribution in [2.24, 2.45) is 0 Å². The van der Waals surface area contributed by atoms with E-state index in [1.807, 2.05) is 17.5 Å². The molecule has 0 fully saturated rings. The smallest absolute Gasteiger partial charge is 0.279 e. The average Bonchev–Trinajstić information content (AvgIpc) is 3.52. The maximum Gasteiger partial charge on any atom is 0.279 e. The molecule has 156 valence electrons. The van der Waals surface area contributed by atoms with Crippen LogP contribution in [-0.2, 0) is 4.79 Å². The summed E-state index contributed by atoms with van der Waals surface area (Å²) in [6, 6.07) is 6.14. The van der Waals surface area contributed by atoms with Gasteiger partial charge in [0.2, 0.25) is 12.7 Å². The number of hydrogen-bond acceptors (Lipinski definition) is 9. The Morgan fingerprint density at radius 3 is 2.87 bits per heavy atom. The number of nitro benzene ring substituents is 1. The average molecular weight is 437 g/mol. The van der Waals surface area contributed by atoms with Gasteiger partial charge in [0.15, 0.2) is 17.3 Å². The van der Waals surface area contributed by atoms with E-state index in [1.54, 1.807) is 17.4 Å². The fourth-order valence-electron chi connectivity index (χ4n) is 4.49. The van der Waals surface area contributed by atoms with Crippen molar-refractivity contribution >= 4 is 28.8 Å². The lowest BCUT2D eigenvalue weighted by Gasteiger charge is -2.34. The van der Waals surface area contributed by atoms with Crippen molar-refractivity contribution in [2.45, 2.75) is 24.8 Å². The standard InChI is InChI=1S/C20H15N5O5S/c26-14-5-10(17-2-1-3-31-17)4-12-18(14)19(24-20(23-12)21-8-22-24)11-6-15-16(30-9-29-15)7-13(11)25(27)28/h1-3,6-8,10,19H,4-5,9H2,(H,21,22,23)/t10-,19+/m0/s1. The van der Waals surface area contributed by atoms with Crippen molar-refractivity contribution in [2.75, 3.05) is 12.1 Å². The number of carbonyl (C=O) groups is 1. The minimum atomic E-state index is -0.777. The van der Waals surface area contributed by atoms with Crippen molar-refractivity contribution in [3.63, 3.8) is 0 Å². The van der Waals surface area contributed by atoms with Gasteiger partial charge in [0, 0.05) is 28.5 Å². The number of thiophene rings is 1. The lowest BCUT2D eigenvalue weighted by Crippen LogP contribution is -2.33. The molecule has 0 amide bonds. The maximum absolute atomic E-state index is 13.4. The maximum atomic E-state index is 13.4. The van der Waals surface area contributed by atoms with Crippen LogP contribution in [0.5, 0.6) is 11.5 Å². The number of ketones is 1. The van der Waals surface area contributed by atoms with E-state index in [9.17, 15) is 14.9 Å². The molecule has 0 bridgehead atoms. The summed E-state index contributed by atoms with van der Waals surface area (Å²) in [6.45, 7) is -0.00783. The van der Waals surface area contributed by atoms with Crippen molar-refractivity contribution in [3.8, 4) is 11.5 Å². The van der Waals surface area contributed by atoms with E-state index in [0.29, 0.717) is 41.4 Å². The van der Waals surface area contributed by atoms with E-state index in [0.717, 1.165) is 10.6 Å². The summed E-state index contributed by atoms with van der Waals surface area (Å²) in [5.41, 5.74) is 1.37. The number of nitrogens with one attached hydrogen (secondary N) is 1. The Morgan fingerprint density at radius 1 is 1.26 bits per heavy atom. The Bertz CT molecular complexity index is 1260. The quantitative estimate of drug-likeness (QED) is 0.489. The number of aromatic nitrogens is 3. The predicted octanol–water partition coefficient (Wildman–Crippen LogP) is 3.39. The zero-order valence-corrected chi connectivity index (χ0v) is 16.8. The molecule has 2 atom stereocenters. The number of benzene rings is 1. The van der Waals surface area contributed by atoms with Gasteiger partial charge in [0.1, 0.15) is 12.4 Å². The molecular formula is C20H15N5O5S. The van der Waals surface area contributed by atoms with Gasteiger partial charge in [-0.3, -0.25) is 14.9 Å². The molecule has 1 N–H and O–H groups in total.